The first kappa shape index (κ1) is 23.2. The molecule has 0 aliphatic rings. The maximum atomic E-state index is 12.0. The molecule has 2 heterocycles. The van der Waals surface area contributed by atoms with E-state index < -0.39 is 26.2 Å². The second-order valence-electron chi connectivity index (χ2n) is 8.01. The molecule has 0 spiro atoms. The van der Waals surface area contributed by atoms with E-state index in [1.165, 1.54) is 6.26 Å². The van der Waals surface area contributed by atoms with E-state index in [4.69, 9.17) is 21.9 Å². The van der Waals surface area contributed by atoms with Crippen molar-refractivity contribution in [2.75, 3.05) is 6.26 Å². The number of ether oxygens (including phenoxy) is 1. The third-order valence-corrected chi connectivity index (χ3v) is 7.71. The third-order valence-electron chi connectivity index (χ3n) is 5.33. The van der Waals surface area contributed by atoms with E-state index in [-0.39, 0.29) is 0 Å². The van der Waals surface area contributed by atoms with Gasteiger partial charge in [-0.15, -0.1) is 0 Å². The molecule has 0 saturated carbocycles. The predicted octanol–water partition coefficient (Wildman–Crippen LogP) is 5.20. The smallest absolute Gasteiger partial charge is 0.223 e. The van der Waals surface area contributed by atoms with E-state index in [0.717, 1.165) is 5.39 Å². The zero-order valence-electron chi connectivity index (χ0n) is 17.5. The van der Waals surface area contributed by atoms with Crippen LogP contribution in [-0.4, -0.2) is 35.5 Å². The molecule has 10 heteroatoms. The Morgan fingerprint density at radius 1 is 1.28 bits per heavy atom. The van der Waals surface area contributed by atoms with Crippen LogP contribution in [0.1, 0.15) is 53.0 Å². The maximum absolute atomic E-state index is 12.0. The summed E-state index contributed by atoms with van der Waals surface area (Å²) in [6.45, 7) is 8.89. The molecule has 0 aliphatic heterocycles. The average Bonchev–Trinajstić information content (AvgIpc) is 2.60. The number of sulfone groups is 1. The molecule has 1 unspecified atom stereocenters. The average molecular weight is 440 g/mol. The van der Waals surface area contributed by atoms with Gasteiger partial charge < -0.3 is 4.74 Å². The Kier molecular flexibility index (Phi) is 6.67. The van der Waals surface area contributed by atoms with Crippen LogP contribution in [0.2, 0.25) is 5.15 Å². The Balaban J connectivity index is 2.53. The number of rotatable bonds is 8. The van der Waals surface area contributed by atoms with Gasteiger partial charge in [-0.1, -0.05) is 23.6 Å². The monoisotopic (exact) mass is 439 g/mol. The van der Waals surface area contributed by atoms with Crippen molar-refractivity contribution in [2.24, 2.45) is 5.11 Å². The first-order chi connectivity index (χ1) is 13.3. The van der Waals surface area contributed by atoms with Crippen molar-refractivity contribution in [1.29, 1.82) is 0 Å². The minimum Gasteiger partial charge on any atom is -0.474 e. The van der Waals surface area contributed by atoms with E-state index in [1.807, 2.05) is 13.8 Å². The van der Waals surface area contributed by atoms with Gasteiger partial charge in [0, 0.05) is 30.0 Å². The molecule has 0 saturated heterocycles. The molecule has 0 fully saturated rings. The van der Waals surface area contributed by atoms with Gasteiger partial charge in [0.05, 0.1) is 21.8 Å². The summed E-state index contributed by atoms with van der Waals surface area (Å²) in [7, 11) is -3.25. The van der Waals surface area contributed by atoms with Crippen LogP contribution in [0.15, 0.2) is 23.6 Å². The highest BCUT2D eigenvalue weighted by Crippen LogP contribution is 2.38. The van der Waals surface area contributed by atoms with Gasteiger partial charge in [-0.05, 0) is 56.7 Å². The summed E-state index contributed by atoms with van der Waals surface area (Å²) in [6.07, 6.45) is 4.84. The lowest BCUT2D eigenvalue weighted by molar-refractivity contribution is 0.192. The summed E-state index contributed by atoms with van der Waals surface area (Å²) in [5.41, 5.74) is 8.90. The number of pyridine rings is 2. The van der Waals surface area contributed by atoms with E-state index in [2.05, 4.69) is 20.0 Å². The molecular weight excluding hydrogens is 414 g/mol. The molecule has 0 N–H and O–H groups in total. The lowest BCUT2D eigenvalue weighted by Crippen LogP contribution is -2.36. The van der Waals surface area contributed by atoms with Crippen LogP contribution >= 0.6 is 11.6 Å². The van der Waals surface area contributed by atoms with E-state index >= 15 is 0 Å². The van der Waals surface area contributed by atoms with Gasteiger partial charge in [0.25, 0.3) is 0 Å². The number of hydrogen-bond acceptors (Lipinski definition) is 6. The van der Waals surface area contributed by atoms with Gasteiger partial charge in [-0.3, -0.25) is 0 Å². The van der Waals surface area contributed by atoms with Crippen molar-refractivity contribution in [3.05, 3.63) is 39.6 Å². The second-order valence-corrected chi connectivity index (χ2v) is 11.0. The molecule has 158 valence electrons. The standard InChI is InChI=1S/C19H26ClN5O3S/c1-7-19(5,24-25-21)15-11-23-17(14-10-22-16(20)8-13(14)15)28-12(2)9-18(3,4)29(6,26)27/h8,10-12H,7,9H2,1-6H3/t12-,19?/m1/s1. The molecule has 2 aromatic rings. The van der Waals surface area contributed by atoms with Gasteiger partial charge in [-0.2, -0.15) is 0 Å². The Labute approximate surface area is 176 Å². The third kappa shape index (κ3) is 4.91. The van der Waals surface area contributed by atoms with Gasteiger partial charge in [-0.25, -0.2) is 18.4 Å². The predicted molar refractivity (Wildman–Crippen MR) is 115 cm³/mol. The lowest BCUT2D eigenvalue weighted by atomic mass is 9.88. The fourth-order valence-electron chi connectivity index (χ4n) is 3.10. The number of fused-ring (bicyclic) bond motifs is 1. The number of azide groups is 1. The summed E-state index contributed by atoms with van der Waals surface area (Å²) in [5, 5.41) is 5.59. The Bertz CT molecular complexity index is 1070. The molecule has 29 heavy (non-hydrogen) atoms. The van der Waals surface area contributed by atoms with Crippen LogP contribution in [0.25, 0.3) is 21.2 Å². The highest BCUT2D eigenvalue weighted by atomic mass is 35.5. The molecule has 2 aromatic heterocycles. The molecule has 8 nitrogen and oxygen atoms in total. The first-order valence-electron chi connectivity index (χ1n) is 9.22. The zero-order valence-corrected chi connectivity index (χ0v) is 19.0. The Hall–Kier alpha value is -2.09. The summed E-state index contributed by atoms with van der Waals surface area (Å²) < 4.78 is 29.1. The highest BCUT2D eigenvalue weighted by molar-refractivity contribution is 7.92. The minimum atomic E-state index is -3.25. The number of halogens is 1. The lowest BCUT2D eigenvalue weighted by Gasteiger charge is -2.27. The molecule has 2 rings (SSSR count). The van der Waals surface area contributed by atoms with Crippen LogP contribution in [0, 0.1) is 0 Å². The second kappa shape index (κ2) is 8.34. The minimum absolute atomic E-state index is 0.293. The number of aromatic nitrogens is 2. The van der Waals surface area contributed by atoms with Crippen molar-refractivity contribution in [3.63, 3.8) is 0 Å². The molecule has 0 aliphatic carbocycles. The molecule has 0 bridgehead atoms. The summed E-state index contributed by atoms with van der Waals surface area (Å²) in [4.78, 5) is 11.5. The van der Waals surface area contributed by atoms with Crippen molar-refractivity contribution >= 4 is 32.2 Å². The van der Waals surface area contributed by atoms with Crippen molar-refractivity contribution < 1.29 is 13.2 Å². The maximum Gasteiger partial charge on any atom is 0.223 e. The van der Waals surface area contributed by atoms with Gasteiger partial charge >= 0.3 is 0 Å². The summed E-state index contributed by atoms with van der Waals surface area (Å²) in [6, 6.07) is 1.69. The topological polar surface area (TPSA) is 118 Å². The Morgan fingerprint density at radius 2 is 1.93 bits per heavy atom. The summed E-state index contributed by atoms with van der Waals surface area (Å²) >= 11 is 6.11. The number of nitrogens with zero attached hydrogens (tertiary/aromatic N) is 5. The van der Waals surface area contributed by atoms with Crippen LogP contribution in [0.4, 0.5) is 0 Å². The summed E-state index contributed by atoms with van der Waals surface area (Å²) in [5.74, 6) is 0.323. The molecule has 0 amide bonds. The van der Waals surface area contributed by atoms with E-state index in [9.17, 15) is 8.42 Å². The largest absolute Gasteiger partial charge is 0.474 e. The fourth-order valence-corrected chi connectivity index (χ4v) is 3.79. The van der Waals surface area contributed by atoms with Gasteiger partial charge in [0.15, 0.2) is 9.84 Å². The van der Waals surface area contributed by atoms with Gasteiger partial charge in [0.1, 0.15) is 5.15 Å². The SMILES string of the molecule is CCC(C)(N=[N+]=[N-])c1cnc(O[C@H](C)CC(C)(C)S(C)(=O)=O)c2cnc(Cl)cc12. The van der Waals surface area contributed by atoms with E-state index in [0.29, 0.717) is 34.8 Å². The van der Waals surface area contributed by atoms with Crippen LogP contribution in [0.5, 0.6) is 5.88 Å². The highest BCUT2D eigenvalue weighted by Gasteiger charge is 2.33. The Morgan fingerprint density at radius 3 is 2.48 bits per heavy atom. The molecule has 0 aromatic carbocycles. The van der Waals surface area contributed by atoms with Crippen molar-refractivity contribution in [3.8, 4) is 5.88 Å². The van der Waals surface area contributed by atoms with Crippen molar-refractivity contribution in [1.82, 2.24) is 9.97 Å². The quantitative estimate of drug-likeness (QED) is 0.242. The van der Waals surface area contributed by atoms with Crippen LogP contribution < -0.4 is 4.74 Å². The normalized spacial score (nSPS) is 15.4. The zero-order chi connectivity index (χ0) is 22.0. The molecular formula is C19H26ClN5O3S. The van der Waals surface area contributed by atoms with Crippen LogP contribution in [0.3, 0.4) is 0 Å². The van der Waals surface area contributed by atoms with Crippen molar-refractivity contribution in [2.45, 2.75) is 63.9 Å². The molecule has 2 atom stereocenters. The van der Waals surface area contributed by atoms with Crippen LogP contribution in [-0.2, 0) is 15.4 Å². The fraction of sp³-hybridized carbons (Fsp3) is 0.579. The molecule has 0 radical (unpaired) electrons. The first-order valence-corrected chi connectivity index (χ1v) is 11.5. The van der Waals surface area contributed by atoms with E-state index in [1.54, 1.807) is 39.2 Å². The number of hydrogen-bond donors (Lipinski definition) is 0. The van der Waals surface area contributed by atoms with Gasteiger partial charge in [0.2, 0.25) is 5.88 Å².